The van der Waals surface area contributed by atoms with E-state index >= 15 is 0 Å². The van der Waals surface area contributed by atoms with Crippen LogP contribution in [-0.4, -0.2) is 24.7 Å². The van der Waals surface area contributed by atoms with E-state index in [1.165, 1.54) is 0 Å². The molecule has 5 heteroatoms. The molecule has 2 nitrogen and oxygen atoms in total. The van der Waals surface area contributed by atoms with Crippen molar-refractivity contribution in [3.05, 3.63) is 23.7 Å². The molecule has 0 bridgehead atoms. The summed E-state index contributed by atoms with van der Waals surface area (Å²) in [7, 11) is -4.41. The van der Waals surface area contributed by atoms with E-state index in [1.54, 1.807) is 0 Å². The van der Waals surface area contributed by atoms with Gasteiger partial charge in [-0.2, -0.15) is 0 Å². The van der Waals surface area contributed by atoms with Crippen molar-refractivity contribution in [1.29, 1.82) is 0 Å². The molecule has 1 rings (SSSR count). The van der Waals surface area contributed by atoms with Crippen molar-refractivity contribution < 1.29 is 8.85 Å². The molecule has 0 aromatic carbocycles. The number of rotatable bonds is 5. The monoisotopic (exact) mass is 314 g/mol. The van der Waals surface area contributed by atoms with E-state index in [-0.39, 0.29) is 0 Å². The lowest BCUT2D eigenvalue weighted by Crippen LogP contribution is -2.29. The Kier molecular flexibility index (Phi) is 4.64. The fraction of sp³-hybridized carbons (Fsp3) is 0.714. The zero-order valence-electron chi connectivity index (χ0n) is 14.0. The molecule has 0 spiro atoms. The minimum absolute atomic E-state index is 0.533. The van der Waals surface area contributed by atoms with Crippen LogP contribution < -0.4 is 0 Å². The average Bonchev–Trinajstić information content (AvgIpc) is 2.41. The van der Waals surface area contributed by atoms with Gasteiger partial charge in [0.2, 0.25) is 16.6 Å². The molecule has 0 radical (unpaired) electrons. The molecule has 0 saturated heterocycles. The molecule has 1 aliphatic rings. The molecule has 0 aromatic rings. The van der Waals surface area contributed by atoms with Gasteiger partial charge < -0.3 is 8.85 Å². The first-order valence-corrected chi connectivity index (χ1v) is 17.5. The summed E-state index contributed by atoms with van der Waals surface area (Å²) in [4.78, 5) is 0. The summed E-state index contributed by atoms with van der Waals surface area (Å²) in [5.74, 6) is 2.02. The smallest absolute Gasteiger partial charge is 0.242 e. The van der Waals surface area contributed by atoms with Crippen LogP contribution in [0.2, 0.25) is 64.5 Å². The molecule has 0 atom stereocenters. The van der Waals surface area contributed by atoms with Crippen molar-refractivity contribution >= 4 is 24.7 Å². The third kappa shape index (κ3) is 5.71. The Bertz CT molecular complexity index is 360. The lowest BCUT2D eigenvalue weighted by molar-refractivity contribution is 0.346. The largest absolute Gasteiger partial charge is 0.542 e. The predicted molar refractivity (Wildman–Crippen MR) is 92.1 cm³/mol. The lowest BCUT2D eigenvalue weighted by Gasteiger charge is -2.26. The van der Waals surface area contributed by atoms with Crippen LogP contribution in [0.15, 0.2) is 23.7 Å². The quantitative estimate of drug-likeness (QED) is 0.651. The van der Waals surface area contributed by atoms with Gasteiger partial charge >= 0.3 is 0 Å². The molecule has 110 valence electrons. The molecule has 0 aromatic heterocycles. The fourth-order valence-corrected chi connectivity index (χ4v) is 4.83. The maximum absolute atomic E-state index is 6.23. The summed E-state index contributed by atoms with van der Waals surface area (Å²) >= 11 is 0. The van der Waals surface area contributed by atoms with E-state index in [0.29, 0.717) is 5.54 Å². The van der Waals surface area contributed by atoms with Crippen LogP contribution in [0.4, 0.5) is 0 Å². The summed E-state index contributed by atoms with van der Waals surface area (Å²) in [5, 5.41) is 0. The van der Waals surface area contributed by atoms with Gasteiger partial charge in [0, 0.05) is 0 Å². The molecule has 0 fully saturated rings. The highest BCUT2D eigenvalue weighted by molar-refractivity contribution is 6.78. The minimum Gasteiger partial charge on any atom is -0.542 e. The van der Waals surface area contributed by atoms with Gasteiger partial charge in [-0.25, -0.2) is 0 Å². The predicted octanol–water partition coefficient (Wildman–Crippen LogP) is 5.18. The van der Waals surface area contributed by atoms with E-state index in [2.05, 4.69) is 71.1 Å². The van der Waals surface area contributed by atoms with Gasteiger partial charge in [-0.05, 0) is 57.0 Å². The Morgan fingerprint density at radius 3 is 1.21 bits per heavy atom. The first-order chi connectivity index (χ1) is 8.28. The van der Waals surface area contributed by atoms with E-state index < -0.39 is 24.7 Å². The summed E-state index contributed by atoms with van der Waals surface area (Å²) < 4.78 is 12.5. The van der Waals surface area contributed by atoms with Crippen LogP contribution in [0.1, 0.15) is 0 Å². The SMILES string of the molecule is C[Si](C)(C)OC1=CC([Si](C)(C)C)C=C1O[Si](C)(C)C. The highest BCUT2D eigenvalue weighted by Gasteiger charge is 2.34. The van der Waals surface area contributed by atoms with Crippen molar-refractivity contribution in [1.82, 2.24) is 0 Å². The van der Waals surface area contributed by atoms with Gasteiger partial charge in [0.25, 0.3) is 0 Å². The van der Waals surface area contributed by atoms with Crippen molar-refractivity contribution in [3.8, 4) is 0 Å². The zero-order valence-corrected chi connectivity index (χ0v) is 17.0. The third-order valence-corrected chi connectivity index (χ3v) is 6.73. The van der Waals surface area contributed by atoms with Gasteiger partial charge in [-0.15, -0.1) is 0 Å². The van der Waals surface area contributed by atoms with E-state index in [9.17, 15) is 0 Å². The van der Waals surface area contributed by atoms with Crippen LogP contribution in [0.3, 0.4) is 0 Å². The maximum atomic E-state index is 6.23. The standard InChI is InChI=1S/C14H30O2Si3/c1-17(2,3)12-10-13(15-18(4,5)6)14(11-12)16-19(7,8)9/h10-12H,1-9H3. The molecule has 1 aliphatic carbocycles. The summed E-state index contributed by atoms with van der Waals surface area (Å²) in [6, 6.07) is 0. The van der Waals surface area contributed by atoms with Crippen molar-refractivity contribution in [2.24, 2.45) is 0 Å². The Labute approximate surface area is 122 Å². The Morgan fingerprint density at radius 1 is 0.684 bits per heavy atom. The summed E-state index contributed by atoms with van der Waals surface area (Å²) in [5.41, 5.74) is 0.533. The molecular formula is C14H30O2Si3. The van der Waals surface area contributed by atoms with E-state index in [0.717, 1.165) is 11.5 Å². The Balaban J connectivity index is 3.00. The maximum Gasteiger partial charge on any atom is 0.242 e. The molecule has 0 amide bonds. The summed E-state index contributed by atoms with van der Waals surface area (Å²) in [6.07, 6.45) is 4.61. The zero-order chi connectivity index (χ0) is 15.1. The van der Waals surface area contributed by atoms with Gasteiger partial charge in [-0.1, -0.05) is 19.6 Å². The van der Waals surface area contributed by atoms with Crippen molar-refractivity contribution in [3.63, 3.8) is 0 Å². The second-order valence-corrected chi connectivity index (χ2v) is 22.6. The van der Waals surface area contributed by atoms with Crippen molar-refractivity contribution in [2.45, 2.75) is 64.5 Å². The molecule has 0 saturated carbocycles. The molecule has 0 N–H and O–H groups in total. The van der Waals surface area contributed by atoms with Gasteiger partial charge in [0.1, 0.15) is 11.5 Å². The first-order valence-electron chi connectivity index (χ1n) is 7.10. The van der Waals surface area contributed by atoms with Crippen LogP contribution in [-0.2, 0) is 8.85 Å². The number of hydrogen-bond acceptors (Lipinski definition) is 2. The molecule has 19 heavy (non-hydrogen) atoms. The highest BCUT2D eigenvalue weighted by atomic mass is 28.4. The van der Waals surface area contributed by atoms with Gasteiger partial charge in [0.05, 0.1) is 8.07 Å². The summed E-state index contributed by atoms with van der Waals surface area (Å²) in [6.45, 7) is 20.5. The van der Waals surface area contributed by atoms with Crippen LogP contribution in [0, 0.1) is 0 Å². The van der Waals surface area contributed by atoms with Crippen LogP contribution in [0.5, 0.6) is 0 Å². The topological polar surface area (TPSA) is 18.5 Å². The fourth-order valence-electron chi connectivity index (χ4n) is 1.87. The molecule has 0 unspecified atom stereocenters. The van der Waals surface area contributed by atoms with Gasteiger partial charge in [-0.3, -0.25) is 0 Å². The first kappa shape index (κ1) is 16.8. The highest BCUT2D eigenvalue weighted by Crippen LogP contribution is 2.38. The van der Waals surface area contributed by atoms with Gasteiger partial charge in [0.15, 0.2) is 0 Å². The van der Waals surface area contributed by atoms with E-state index in [4.69, 9.17) is 8.85 Å². The van der Waals surface area contributed by atoms with E-state index in [1.807, 2.05) is 0 Å². The number of allylic oxidation sites excluding steroid dienone is 2. The third-order valence-electron chi connectivity index (χ3n) is 2.74. The number of hydrogen-bond donors (Lipinski definition) is 0. The average molecular weight is 315 g/mol. The second kappa shape index (κ2) is 5.26. The molecular weight excluding hydrogens is 284 g/mol. The Hall–Kier alpha value is -0.269. The Morgan fingerprint density at radius 2 is 1.00 bits per heavy atom. The normalized spacial score (nSPS) is 18.2. The molecule has 0 aliphatic heterocycles. The van der Waals surface area contributed by atoms with Crippen LogP contribution >= 0.6 is 0 Å². The van der Waals surface area contributed by atoms with Crippen LogP contribution in [0.25, 0.3) is 0 Å². The second-order valence-electron chi connectivity index (χ2n) is 8.38. The lowest BCUT2D eigenvalue weighted by atomic mass is 10.5. The molecule has 0 heterocycles. The minimum atomic E-state index is -1.59. The van der Waals surface area contributed by atoms with Crippen molar-refractivity contribution in [2.75, 3.05) is 0 Å².